The summed E-state index contributed by atoms with van der Waals surface area (Å²) in [7, 11) is 1.86. The third kappa shape index (κ3) is 0.939. The van der Waals surface area contributed by atoms with Crippen molar-refractivity contribution < 1.29 is 4.79 Å². The Kier molecular flexibility index (Phi) is 1.71. The maximum absolute atomic E-state index is 12.0. The molecule has 14 heavy (non-hydrogen) atoms. The maximum atomic E-state index is 12.0. The number of hydrogen-bond acceptors (Lipinski definition) is 1. The lowest BCUT2D eigenvalue weighted by molar-refractivity contribution is 0.0691. The Hall–Kier alpha value is -1.31. The highest BCUT2D eigenvalue weighted by molar-refractivity contribution is 6.01. The van der Waals surface area contributed by atoms with Crippen LogP contribution in [0.2, 0.25) is 0 Å². The van der Waals surface area contributed by atoms with E-state index in [9.17, 15) is 4.79 Å². The summed E-state index contributed by atoms with van der Waals surface area (Å²) in [5.41, 5.74) is 2.94. The topological polar surface area (TPSA) is 20.3 Å². The first-order valence-corrected chi connectivity index (χ1v) is 4.84. The van der Waals surface area contributed by atoms with Gasteiger partial charge < -0.3 is 4.90 Å². The van der Waals surface area contributed by atoms with Crippen molar-refractivity contribution >= 4 is 5.91 Å². The van der Waals surface area contributed by atoms with E-state index < -0.39 is 0 Å². The van der Waals surface area contributed by atoms with Gasteiger partial charge in [-0.3, -0.25) is 4.79 Å². The highest BCUT2D eigenvalue weighted by Crippen LogP contribution is 2.38. The third-order valence-electron chi connectivity index (χ3n) is 3.29. The van der Waals surface area contributed by atoms with Crippen molar-refractivity contribution in [2.24, 2.45) is 0 Å². The van der Waals surface area contributed by atoms with E-state index in [1.165, 1.54) is 0 Å². The molecular weight excluding hydrogens is 174 g/mol. The molecule has 0 fully saturated rings. The lowest BCUT2D eigenvalue weighted by Crippen LogP contribution is -2.35. The Morgan fingerprint density at radius 1 is 1.29 bits per heavy atom. The Bertz CT molecular complexity index is 407. The minimum Gasteiger partial charge on any atom is -0.332 e. The highest BCUT2D eigenvalue weighted by Gasteiger charge is 2.40. The van der Waals surface area contributed by atoms with Gasteiger partial charge in [-0.05, 0) is 31.9 Å². The zero-order valence-corrected chi connectivity index (χ0v) is 9.09. The fraction of sp³-hybridized carbons (Fsp3) is 0.417. The van der Waals surface area contributed by atoms with Gasteiger partial charge in [0.2, 0.25) is 0 Å². The van der Waals surface area contributed by atoms with Crippen molar-refractivity contribution in [2.45, 2.75) is 26.3 Å². The predicted molar refractivity (Wildman–Crippen MR) is 56.3 cm³/mol. The summed E-state index contributed by atoms with van der Waals surface area (Å²) in [5, 5.41) is 0. The van der Waals surface area contributed by atoms with Gasteiger partial charge in [-0.1, -0.05) is 18.2 Å². The SMILES string of the molecule is Cc1cccc2c1C(=O)N(C)C2(C)C. The summed E-state index contributed by atoms with van der Waals surface area (Å²) in [5.74, 6) is 0.142. The van der Waals surface area contributed by atoms with Crippen molar-refractivity contribution in [2.75, 3.05) is 7.05 Å². The van der Waals surface area contributed by atoms with E-state index in [2.05, 4.69) is 13.8 Å². The van der Waals surface area contributed by atoms with Gasteiger partial charge in [0.25, 0.3) is 5.91 Å². The first kappa shape index (κ1) is 9.25. The van der Waals surface area contributed by atoms with Gasteiger partial charge in [0.1, 0.15) is 0 Å². The average Bonchev–Trinajstić information content (AvgIpc) is 2.30. The number of carbonyl (C=O) groups excluding carboxylic acids is 1. The minimum atomic E-state index is -0.168. The van der Waals surface area contributed by atoms with Gasteiger partial charge in [-0.15, -0.1) is 0 Å². The molecule has 1 amide bonds. The first-order valence-electron chi connectivity index (χ1n) is 4.84. The number of carbonyl (C=O) groups is 1. The van der Waals surface area contributed by atoms with E-state index in [-0.39, 0.29) is 11.4 Å². The minimum absolute atomic E-state index is 0.142. The van der Waals surface area contributed by atoms with E-state index in [1.54, 1.807) is 0 Å². The van der Waals surface area contributed by atoms with Crippen molar-refractivity contribution in [3.63, 3.8) is 0 Å². The second-order valence-electron chi connectivity index (χ2n) is 4.42. The van der Waals surface area contributed by atoms with Gasteiger partial charge in [-0.2, -0.15) is 0 Å². The standard InChI is InChI=1S/C12H15NO/c1-8-6-5-7-9-10(8)11(14)13(4)12(9,2)3/h5-7H,1-4H3. The first-order chi connectivity index (χ1) is 6.46. The lowest BCUT2D eigenvalue weighted by Gasteiger charge is -2.28. The number of hydrogen-bond donors (Lipinski definition) is 0. The Morgan fingerprint density at radius 2 is 1.93 bits per heavy atom. The summed E-state index contributed by atoms with van der Waals surface area (Å²) in [6.45, 7) is 6.15. The molecule has 74 valence electrons. The number of fused-ring (bicyclic) bond motifs is 1. The largest absolute Gasteiger partial charge is 0.332 e. The van der Waals surface area contributed by atoms with Crippen LogP contribution in [0.25, 0.3) is 0 Å². The van der Waals surface area contributed by atoms with Gasteiger partial charge in [-0.25, -0.2) is 0 Å². The molecule has 0 atom stereocenters. The molecule has 0 unspecified atom stereocenters. The van der Waals surface area contributed by atoms with Crippen LogP contribution in [-0.4, -0.2) is 17.9 Å². The molecule has 1 heterocycles. The molecule has 0 saturated carbocycles. The van der Waals surface area contributed by atoms with Crippen LogP contribution in [0.1, 0.15) is 35.3 Å². The Morgan fingerprint density at radius 3 is 2.50 bits per heavy atom. The van der Waals surface area contributed by atoms with E-state index >= 15 is 0 Å². The second kappa shape index (κ2) is 2.59. The smallest absolute Gasteiger partial charge is 0.254 e. The van der Waals surface area contributed by atoms with Gasteiger partial charge in [0, 0.05) is 12.6 Å². The van der Waals surface area contributed by atoms with Crippen LogP contribution in [0.3, 0.4) is 0 Å². The molecule has 1 aliphatic rings. The number of nitrogens with zero attached hydrogens (tertiary/aromatic N) is 1. The fourth-order valence-corrected chi connectivity index (χ4v) is 2.06. The number of aryl methyl sites for hydroxylation is 1. The van der Waals surface area contributed by atoms with Crippen LogP contribution in [0.5, 0.6) is 0 Å². The normalized spacial score (nSPS) is 18.6. The summed E-state index contributed by atoms with van der Waals surface area (Å²) in [6, 6.07) is 6.05. The zero-order chi connectivity index (χ0) is 10.5. The van der Waals surface area contributed by atoms with Crippen LogP contribution >= 0.6 is 0 Å². The van der Waals surface area contributed by atoms with Gasteiger partial charge in [0.05, 0.1) is 5.54 Å². The molecule has 1 aromatic carbocycles. The molecule has 1 aliphatic heterocycles. The molecule has 0 spiro atoms. The number of amides is 1. The molecule has 2 nitrogen and oxygen atoms in total. The van der Waals surface area contributed by atoms with Crippen LogP contribution < -0.4 is 0 Å². The average molecular weight is 189 g/mol. The molecule has 1 aromatic rings. The van der Waals surface area contributed by atoms with Crippen LogP contribution in [0, 0.1) is 6.92 Å². The van der Waals surface area contributed by atoms with Crippen LogP contribution in [0.4, 0.5) is 0 Å². The number of rotatable bonds is 0. The van der Waals surface area contributed by atoms with Crippen molar-refractivity contribution in [3.8, 4) is 0 Å². The maximum Gasteiger partial charge on any atom is 0.254 e. The van der Waals surface area contributed by atoms with E-state index in [0.717, 1.165) is 16.7 Å². The van der Waals surface area contributed by atoms with E-state index in [0.29, 0.717) is 0 Å². The van der Waals surface area contributed by atoms with Gasteiger partial charge >= 0.3 is 0 Å². The molecule has 0 radical (unpaired) electrons. The Balaban J connectivity index is 2.74. The fourth-order valence-electron chi connectivity index (χ4n) is 2.06. The highest BCUT2D eigenvalue weighted by atomic mass is 16.2. The zero-order valence-electron chi connectivity index (χ0n) is 9.09. The van der Waals surface area contributed by atoms with Crippen LogP contribution in [0.15, 0.2) is 18.2 Å². The van der Waals surface area contributed by atoms with Crippen LogP contribution in [-0.2, 0) is 5.54 Å². The molecule has 0 saturated heterocycles. The molecule has 0 aliphatic carbocycles. The van der Waals surface area contributed by atoms with E-state index in [1.807, 2.05) is 37.1 Å². The van der Waals surface area contributed by atoms with Crippen molar-refractivity contribution in [1.29, 1.82) is 0 Å². The molecule has 0 aromatic heterocycles. The van der Waals surface area contributed by atoms with E-state index in [4.69, 9.17) is 0 Å². The quantitative estimate of drug-likeness (QED) is 0.613. The summed E-state index contributed by atoms with van der Waals surface area (Å²) in [4.78, 5) is 13.8. The molecule has 2 heteroatoms. The van der Waals surface area contributed by atoms with Gasteiger partial charge in [0.15, 0.2) is 0 Å². The summed E-state index contributed by atoms with van der Waals surface area (Å²) < 4.78 is 0. The predicted octanol–water partition coefficient (Wildman–Crippen LogP) is 2.32. The molecular formula is C12H15NO. The summed E-state index contributed by atoms with van der Waals surface area (Å²) in [6.07, 6.45) is 0. The lowest BCUT2D eigenvalue weighted by atomic mass is 9.92. The summed E-state index contributed by atoms with van der Waals surface area (Å²) >= 11 is 0. The molecule has 2 rings (SSSR count). The third-order valence-corrected chi connectivity index (χ3v) is 3.29. The molecule has 0 bridgehead atoms. The Labute approximate surface area is 84.5 Å². The monoisotopic (exact) mass is 189 g/mol. The van der Waals surface area contributed by atoms with Crippen molar-refractivity contribution in [1.82, 2.24) is 4.90 Å². The number of benzene rings is 1. The van der Waals surface area contributed by atoms with Crippen molar-refractivity contribution in [3.05, 3.63) is 34.9 Å². The second-order valence-corrected chi connectivity index (χ2v) is 4.42. The molecule has 0 N–H and O–H groups in total.